The number of ether oxygens (including phenoxy) is 1. The third-order valence-electron chi connectivity index (χ3n) is 4.24. The fourth-order valence-corrected chi connectivity index (χ4v) is 3.00. The zero-order valence-corrected chi connectivity index (χ0v) is 10.9. The smallest absolute Gasteiger partial charge is 0.308 e. The van der Waals surface area contributed by atoms with Crippen LogP contribution in [0, 0.1) is 11.3 Å². The summed E-state index contributed by atoms with van der Waals surface area (Å²) in [6.45, 7) is 1.51. The molecule has 5 nitrogen and oxygen atoms in total. The van der Waals surface area contributed by atoms with E-state index in [0.717, 1.165) is 25.7 Å². The number of piperidine rings is 1. The Hall–Kier alpha value is -1.10. The van der Waals surface area contributed by atoms with Crippen molar-refractivity contribution in [3.63, 3.8) is 0 Å². The number of amides is 1. The molecule has 2 rings (SSSR count). The van der Waals surface area contributed by atoms with Crippen LogP contribution in [0.1, 0.15) is 32.1 Å². The Morgan fingerprint density at radius 3 is 2.61 bits per heavy atom. The fourth-order valence-electron chi connectivity index (χ4n) is 3.00. The first-order chi connectivity index (χ1) is 8.59. The number of carboxylic acids is 1. The minimum Gasteiger partial charge on any atom is -0.481 e. The molecular formula is C13H21NO4. The molecule has 1 atom stereocenters. The van der Waals surface area contributed by atoms with Crippen molar-refractivity contribution < 1.29 is 19.4 Å². The number of hydrogen-bond donors (Lipinski definition) is 1. The lowest BCUT2D eigenvalue weighted by atomic mass is 9.68. The van der Waals surface area contributed by atoms with E-state index in [2.05, 4.69) is 0 Å². The van der Waals surface area contributed by atoms with Gasteiger partial charge < -0.3 is 14.7 Å². The molecule has 0 radical (unpaired) electrons. The summed E-state index contributed by atoms with van der Waals surface area (Å²) >= 11 is 0. The molecule has 1 amide bonds. The van der Waals surface area contributed by atoms with Crippen molar-refractivity contribution in [2.75, 3.05) is 26.8 Å². The molecular weight excluding hydrogens is 234 g/mol. The van der Waals surface area contributed by atoms with Crippen LogP contribution in [-0.2, 0) is 14.3 Å². The quantitative estimate of drug-likeness (QED) is 0.817. The predicted molar refractivity (Wildman–Crippen MR) is 65.1 cm³/mol. The van der Waals surface area contributed by atoms with Gasteiger partial charge in [-0.25, -0.2) is 0 Å². The van der Waals surface area contributed by atoms with Crippen molar-refractivity contribution in [2.24, 2.45) is 11.3 Å². The molecule has 1 aliphatic carbocycles. The van der Waals surface area contributed by atoms with Crippen LogP contribution in [0.25, 0.3) is 0 Å². The molecule has 0 bridgehead atoms. The lowest BCUT2D eigenvalue weighted by Crippen LogP contribution is -2.53. The third kappa shape index (κ3) is 2.36. The van der Waals surface area contributed by atoms with E-state index in [0.29, 0.717) is 26.1 Å². The Morgan fingerprint density at radius 2 is 2.11 bits per heavy atom. The molecule has 1 N–H and O–H groups in total. The van der Waals surface area contributed by atoms with E-state index in [1.807, 2.05) is 0 Å². The van der Waals surface area contributed by atoms with Gasteiger partial charge in [-0.3, -0.25) is 9.59 Å². The van der Waals surface area contributed by atoms with Crippen LogP contribution in [0.4, 0.5) is 0 Å². The summed E-state index contributed by atoms with van der Waals surface area (Å²) < 4.78 is 5.17. The molecule has 18 heavy (non-hydrogen) atoms. The standard InChI is InChI=1S/C13H21NO4/c1-18-9-13(5-3-6-13)12(17)14-7-2-4-10(8-14)11(15)16/h10H,2-9H2,1H3,(H,15,16)/t10-/m0/s1. The van der Waals surface area contributed by atoms with Crippen molar-refractivity contribution in [1.82, 2.24) is 4.90 Å². The summed E-state index contributed by atoms with van der Waals surface area (Å²) in [5.74, 6) is -1.09. The second-order valence-corrected chi connectivity index (χ2v) is 5.50. The van der Waals surface area contributed by atoms with Gasteiger partial charge >= 0.3 is 5.97 Å². The lowest BCUT2D eigenvalue weighted by molar-refractivity contribution is -0.156. The first-order valence-electron chi connectivity index (χ1n) is 6.60. The summed E-state index contributed by atoms with van der Waals surface area (Å²) in [7, 11) is 1.61. The SMILES string of the molecule is COCC1(C(=O)N2CCC[C@H](C(=O)O)C2)CCC1. The Kier molecular flexibility index (Phi) is 3.90. The zero-order valence-electron chi connectivity index (χ0n) is 10.9. The van der Waals surface area contributed by atoms with Gasteiger partial charge in [0.2, 0.25) is 5.91 Å². The van der Waals surface area contributed by atoms with Crippen molar-refractivity contribution >= 4 is 11.9 Å². The highest BCUT2D eigenvalue weighted by Crippen LogP contribution is 2.43. The molecule has 5 heteroatoms. The van der Waals surface area contributed by atoms with Gasteiger partial charge in [-0.15, -0.1) is 0 Å². The third-order valence-corrected chi connectivity index (χ3v) is 4.24. The molecule has 0 spiro atoms. The monoisotopic (exact) mass is 255 g/mol. The molecule has 2 fully saturated rings. The number of carboxylic acid groups (broad SMARTS) is 1. The minimum absolute atomic E-state index is 0.0987. The van der Waals surface area contributed by atoms with Crippen molar-refractivity contribution in [3.05, 3.63) is 0 Å². The first kappa shape index (κ1) is 13.3. The molecule has 102 valence electrons. The Balaban J connectivity index is 2.01. The average molecular weight is 255 g/mol. The molecule has 0 unspecified atom stereocenters. The molecule has 1 saturated heterocycles. The highest BCUT2D eigenvalue weighted by atomic mass is 16.5. The van der Waals surface area contributed by atoms with Crippen LogP contribution in [0.3, 0.4) is 0 Å². The maximum absolute atomic E-state index is 12.5. The number of nitrogens with zero attached hydrogens (tertiary/aromatic N) is 1. The fraction of sp³-hybridized carbons (Fsp3) is 0.846. The second kappa shape index (κ2) is 5.26. The summed E-state index contributed by atoms with van der Waals surface area (Å²) in [4.78, 5) is 25.3. The van der Waals surface area contributed by atoms with E-state index in [1.165, 1.54) is 0 Å². The number of aliphatic carboxylic acids is 1. The topological polar surface area (TPSA) is 66.8 Å². The number of likely N-dealkylation sites (tertiary alicyclic amines) is 1. The molecule has 0 aromatic heterocycles. The van der Waals surface area contributed by atoms with Crippen molar-refractivity contribution in [3.8, 4) is 0 Å². The van der Waals surface area contributed by atoms with E-state index in [9.17, 15) is 9.59 Å². The highest BCUT2D eigenvalue weighted by molar-refractivity contribution is 5.84. The van der Waals surface area contributed by atoms with Crippen LogP contribution in [0.15, 0.2) is 0 Å². The maximum atomic E-state index is 12.5. The average Bonchev–Trinajstić information content (AvgIpc) is 2.33. The Bertz CT molecular complexity index is 338. The number of carbonyl (C=O) groups is 2. The van der Waals surface area contributed by atoms with Crippen LogP contribution in [-0.4, -0.2) is 48.7 Å². The highest BCUT2D eigenvalue weighted by Gasteiger charge is 2.47. The normalized spacial score (nSPS) is 26.5. The number of methoxy groups -OCH3 is 1. The van der Waals surface area contributed by atoms with Crippen LogP contribution in [0.5, 0.6) is 0 Å². The Labute approximate surface area is 107 Å². The van der Waals surface area contributed by atoms with E-state index in [4.69, 9.17) is 9.84 Å². The maximum Gasteiger partial charge on any atom is 0.308 e. The van der Waals surface area contributed by atoms with Crippen LogP contribution < -0.4 is 0 Å². The van der Waals surface area contributed by atoms with E-state index in [-0.39, 0.29) is 11.3 Å². The van der Waals surface area contributed by atoms with Gasteiger partial charge in [-0.2, -0.15) is 0 Å². The Morgan fingerprint density at radius 1 is 1.39 bits per heavy atom. The summed E-state index contributed by atoms with van der Waals surface area (Å²) in [5.41, 5.74) is -0.366. The summed E-state index contributed by atoms with van der Waals surface area (Å²) in [5, 5.41) is 9.05. The van der Waals surface area contributed by atoms with Gasteiger partial charge in [-0.1, -0.05) is 6.42 Å². The van der Waals surface area contributed by atoms with Gasteiger partial charge in [-0.05, 0) is 25.7 Å². The van der Waals surface area contributed by atoms with Crippen molar-refractivity contribution in [2.45, 2.75) is 32.1 Å². The van der Waals surface area contributed by atoms with Gasteiger partial charge in [0, 0.05) is 20.2 Å². The van der Waals surface area contributed by atoms with Crippen molar-refractivity contribution in [1.29, 1.82) is 0 Å². The van der Waals surface area contributed by atoms with Gasteiger partial charge in [0.05, 0.1) is 17.9 Å². The summed E-state index contributed by atoms with van der Waals surface area (Å²) in [6.07, 6.45) is 4.26. The molecule has 1 heterocycles. The largest absolute Gasteiger partial charge is 0.481 e. The van der Waals surface area contributed by atoms with E-state index in [1.54, 1.807) is 12.0 Å². The number of hydrogen-bond acceptors (Lipinski definition) is 3. The minimum atomic E-state index is -0.790. The number of carbonyl (C=O) groups excluding carboxylic acids is 1. The van der Waals surface area contributed by atoms with E-state index < -0.39 is 11.9 Å². The van der Waals surface area contributed by atoms with Crippen LogP contribution in [0.2, 0.25) is 0 Å². The number of rotatable bonds is 4. The summed E-state index contributed by atoms with van der Waals surface area (Å²) in [6, 6.07) is 0. The molecule has 0 aromatic rings. The van der Waals surface area contributed by atoms with E-state index >= 15 is 0 Å². The molecule has 1 saturated carbocycles. The second-order valence-electron chi connectivity index (χ2n) is 5.50. The first-order valence-corrected chi connectivity index (χ1v) is 6.60. The zero-order chi connectivity index (χ0) is 13.2. The van der Waals surface area contributed by atoms with Gasteiger partial charge in [0.1, 0.15) is 0 Å². The predicted octanol–water partition coefficient (Wildman–Crippen LogP) is 1.13. The molecule has 1 aliphatic heterocycles. The molecule has 2 aliphatic rings. The lowest BCUT2D eigenvalue weighted by Gasteiger charge is -2.44. The van der Waals surface area contributed by atoms with Gasteiger partial charge in [0.25, 0.3) is 0 Å². The van der Waals surface area contributed by atoms with Gasteiger partial charge in [0.15, 0.2) is 0 Å². The molecule has 0 aromatic carbocycles. The van der Waals surface area contributed by atoms with Crippen LogP contribution >= 0.6 is 0 Å².